The Labute approximate surface area is 94.1 Å². The number of rotatable bonds is 7. The van der Waals surface area contributed by atoms with Crippen LogP contribution >= 0.6 is 0 Å². The highest BCUT2D eigenvalue weighted by Crippen LogP contribution is 2.10. The first kappa shape index (κ1) is 14.4. The first-order valence-corrected chi connectivity index (χ1v) is 5.78. The third kappa shape index (κ3) is 6.45. The molecule has 0 bridgehead atoms. The molecule has 2 heteroatoms. The minimum Gasteiger partial charge on any atom is -0.305 e. The van der Waals surface area contributed by atoms with Crippen LogP contribution in [0.2, 0.25) is 0 Å². The number of allylic oxidation sites excluding steroid dienone is 1. The smallest absolute Gasteiger partial charge is 0.152 e. The zero-order valence-electron chi connectivity index (χ0n) is 10.8. The van der Waals surface area contributed by atoms with Gasteiger partial charge in [0.25, 0.3) is 0 Å². The molecular weight excluding hydrogens is 186 g/mol. The molecule has 0 aliphatic carbocycles. The van der Waals surface area contributed by atoms with Gasteiger partial charge < -0.3 is 5.32 Å². The van der Waals surface area contributed by atoms with E-state index in [0.29, 0.717) is 11.8 Å². The highest BCUT2D eigenvalue weighted by Gasteiger charge is 2.20. The minimum absolute atomic E-state index is 0.0123. The minimum atomic E-state index is -0.0123. The Morgan fingerprint density at radius 1 is 1.27 bits per heavy atom. The van der Waals surface area contributed by atoms with Crippen LogP contribution in [0.25, 0.3) is 0 Å². The van der Waals surface area contributed by atoms with E-state index < -0.39 is 0 Å². The maximum atomic E-state index is 11.9. The van der Waals surface area contributed by atoms with E-state index in [-0.39, 0.29) is 12.0 Å². The van der Waals surface area contributed by atoms with Crippen molar-refractivity contribution in [2.45, 2.75) is 59.5 Å². The number of carbonyl (C=O) groups excluding carboxylic acids is 1. The average Bonchev–Trinajstić information content (AvgIpc) is 2.10. The average molecular weight is 211 g/mol. The maximum Gasteiger partial charge on any atom is 0.152 e. The van der Waals surface area contributed by atoms with Crippen LogP contribution in [0.5, 0.6) is 0 Å². The standard InChI is InChI=1S/C13H25NO/c1-9(2)7-8-12(14-11(5)6)13(15)10(3)4/h10-12,14H,1,7-8H2,2-6H3. The maximum absolute atomic E-state index is 11.9. The van der Waals surface area contributed by atoms with Gasteiger partial charge in [0.05, 0.1) is 6.04 Å². The molecule has 0 aromatic heterocycles. The summed E-state index contributed by atoms with van der Waals surface area (Å²) >= 11 is 0. The number of hydrogen-bond donors (Lipinski definition) is 1. The fourth-order valence-electron chi connectivity index (χ4n) is 1.50. The van der Waals surface area contributed by atoms with Gasteiger partial charge in [-0.1, -0.05) is 33.3 Å². The quantitative estimate of drug-likeness (QED) is 0.656. The molecule has 0 saturated heterocycles. The second kappa shape index (κ2) is 6.78. The molecule has 15 heavy (non-hydrogen) atoms. The molecule has 88 valence electrons. The summed E-state index contributed by atoms with van der Waals surface area (Å²) in [6.07, 6.45) is 1.79. The molecule has 0 spiro atoms. The topological polar surface area (TPSA) is 29.1 Å². The summed E-state index contributed by atoms with van der Waals surface area (Å²) in [4.78, 5) is 11.9. The molecule has 0 aromatic rings. The van der Waals surface area contributed by atoms with Crippen molar-refractivity contribution in [3.05, 3.63) is 12.2 Å². The van der Waals surface area contributed by atoms with Gasteiger partial charge in [0.1, 0.15) is 0 Å². The van der Waals surface area contributed by atoms with Crippen molar-refractivity contribution in [2.75, 3.05) is 0 Å². The van der Waals surface area contributed by atoms with E-state index in [0.717, 1.165) is 18.4 Å². The van der Waals surface area contributed by atoms with E-state index in [4.69, 9.17) is 0 Å². The molecule has 0 saturated carbocycles. The van der Waals surface area contributed by atoms with Gasteiger partial charge >= 0.3 is 0 Å². The van der Waals surface area contributed by atoms with Crippen molar-refractivity contribution in [3.63, 3.8) is 0 Å². The van der Waals surface area contributed by atoms with Gasteiger partial charge in [0, 0.05) is 12.0 Å². The summed E-state index contributed by atoms with van der Waals surface area (Å²) in [6.45, 7) is 13.9. The Morgan fingerprint density at radius 3 is 2.13 bits per heavy atom. The van der Waals surface area contributed by atoms with E-state index in [1.165, 1.54) is 0 Å². The highest BCUT2D eigenvalue weighted by atomic mass is 16.1. The molecular formula is C13H25NO. The lowest BCUT2D eigenvalue weighted by Crippen LogP contribution is -2.42. The van der Waals surface area contributed by atoms with Gasteiger partial charge in [-0.15, -0.1) is 6.58 Å². The van der Waals surface area contributed by atoms with E-state index in [2.05, 4.69) is 25.7 Å². The zero-order valence-corrected chi connectivity index (χ0v) is 10.8. The van der Waals surface area contributed by atoms with Crippen molar-refractivity contribution >= 4 is 5.78 Å². The fourth-order valence-corrected chi connectivity index (χ4v) is 1.50. The van der Waals surface area contributed by atoms with Gasteiger partial charge in [-0.25, -0.2) is 0 Å². The molecule has 0 aliphatic heterocycles. The lowest BCUT2D eigenvalue weighted by atomic mass is 9.96. The molecule has 0 rings (SSSR count). The second-order valence-corrected chi connectivity index (χ2v) is 4.93. The van der Waals surface area contributed by atoms with Crippen LogP contribution in [-0.4, -0.2) is 17.9 Å². The van der Waals surface area contributed by atoms with Crippen LogP contribution in [-0.2, 0) is 4.79 Å². The molecule has 0 heterocycles. The van der Waals surface area contributed by atoms with Crippen LogP contribution in [0.1, 0.15) is 47.5 Å². The number of Topliss-reactive ketones (excluding diaryl/α,β-unsaturated/α-hetero) is 1. The van der Waals surface area contributed by atoms with E-state index in [1.54, 1.807) is 0 Å². The van der Waals surface area contributed by atoms with Crippen LogP contribution in [0.4, 0.5) is 0 Å². The van der Waals surface area contributed by atoms with E-state index in [9.17, 15) is 4.79 Å². The van der Waals surface area contributed by atoms with Gasteiger partial charge in [0.15, 0.2) is 5.78 Å². The first-order valence-electron chi connectivity index (χ1n) is 5.78. The lowest BCUT2D eigenvalue weighted by molar-refractivity contribution is -0.124. The third-order valence-corrected chi connectivity index (χ3v) is 2.31. The van der Waals surface area contributed by atoms with Crippen molar-refractivity contribution in [3.8, 4) is 0 Å². The van der Waals surface area contributed by atoms with Gasteiger partial charge in [-0.2, -0.15) is 0 Å². The first-order chi connectivity index (χ1) is 6.84. The van der Waals surface area contributed by atoms with Crippen LogP contribution in [0.3, 0.4) is 0 Å². The molecule has 0 fully saturated rings. The summed E-state index contributed by atoms with van der Waals surface area (Å²) in [7, 11) is 0. The number of ketones is 1. The second-order valence-electron chi connectivity index (χ2n) is 4.93. The Morgan fingerprint density at radius 2 is 1.80 bits per heavy atom. The van der Waals surface area contributed by atoms with Crippen molar-refractivity contribution in [1.82, 2.24) is 5.32 Å². The van der Waals surface area contributed by atoms with Crippen molar-refractivity contribution < 1.29 is 4.79 Å². The summed E-state index contributed by atoms with van der Waals surface area (Å²) in [5.74, 6) is 0.413. The molecule has 1 unspecified atom stereocenters. The summed E-state index contributed by atoms with van der Waals surface area (Å²) in [6, 6.07) is 0.338. The number of hydrogen-bond acceptors (Lipinski definition) is 2. The molecule has 0 radical (unpaired) electrons. The zero-order chi connectivity index (χ0) is 12.0. The Bertz CT molecular complexity index is 219. The van der Waals surface area contributed by atoms with Gasteiger partial charge in [-0.05, 0) is 19.8 Å². The number of carbonyl (C=O) groups is 1. The summed E-state index contributed by atoms with van der Waals surface area (Å²) < 4.78 is 0. The van der Waals surface area contributed by atoms with E-state index in [1.807, 2.05) is 20.8 Å². The van der Waals surface area contributed by atoms with Crippen LogP contribution < -0.4 is 5.32 Å². The lowest BCUT2D eigenvalue weighted by Gasteiger charge is -2.21. The Balaban J connectivity index is 4.30. The largest absolute Gasteiger partial charge is 0.305 e. The van der Waals surface area contributed by atoms with Crippen LogP contribution in [0.15, 0.2) is 12.2 Å². The molecule has 1 atom stereocenters. The van der Waals surface area contributed by atoms with Crippen molar-refractivity contribution in [2.24, 2.45) is 5.92 Å². The normalized spacial score (nSPS) is 13.3. The molecule has 0 aliphatic rings. The molecule has 0 amide bonds. The summed E-state index contributed by atoms with van der Waals surface area (Å²) in [5, 5.41) is 3.33. The van der Waals surface area contributed by atoms with Crippen molar-refractivity contribution in [1.29, 1.82) is 0 Å². The summed E-state index contributed by atoms with van der Waals surface area (Å²) in [5.41, 5.74) is 1.14. The van der Waals surface area contributed by atoms with Gasteiger partial charge in [0.2, 0.25) is 0 Å². The predicted octanol–water partition coefficient (Wildman–Crippen LogP) is 2.93. The fraction of sp³-hybridized carbons (Fsp3) is 0.769. The number of nitrogens with one attached hydrogen (secondary N) is 1. The Kier molecular flexibility index (Phi) is 6.50. The SMILES string of the molecule is C=C(C)CCC(NC(C)C)C(=O)C(C)C. The molecule has 1 N–H and O–H groups in total. The van der Waals surface area contributed by atoms with E-state index >= 15 is 0 Å². The van der Waals surface area contributed by atoms with Gasteiger partial charge in [-0.3, -0.25) is 4.79 Å². The Hall–Kier alpha value is -0.630. The monoisotopic (exact) mass is 211 g/mol. The molecule has 2 nitrogen and oxygen atoms in total. The molecule has 0 aromatic carbocycles. The predicted molar refractivity (Wildman–Crippen MR) is 66.0 cm³/mol. The highest BCUT2D eigenvalue weighted by molar-refractivity contribution is 5.85. The third-order valence-electron chi connectivity index (χ3n) is 2.31. The van der Waals surface area contributed by atoms with Crippen LogP contribution in [0, 0.1) is 5.92 Å².